The van der Waals surface area contributed by atoms with Crippen LogP contribution in [0.3, 0.4) is 0 Å². The standard InChI is InChI=1S/C15H15FN2OS/c1-2-19-14-6-4-3-5-13(14)18-15(20)17-12-9-7-11(16)8-10-12/h3-10H,2H2,1H3,(H2,17,18,20). The average Bonchev–Trinajstić information content (AvgIpc) is 2.44. The zero-order chi connectivity index (χ0) is 14.4. The number of anilines is 2. The molecule has 0 aliphatic rings. The Labute approximate surface area is 122 Å². The van der Waals surface area contributed by atoms with Crippen molar-refractivity contribution in [3.05, 3.63) is 54.3 Å². The Balaban J connectivity index is 2.02. The molecule has 0 radical (unpaired) electrons. The lowest BCUT2D eigenvalue weighted by molar-refractivity contribution is 0.342. The molecule has 104 valence electrons. The first-order valence-corrected chi connectivity index (χ1v) is 6.65. The molecule has 0 heterocycles. The van der Waals surface area contributed by atoms with Crippen molar-refractivity contribution in [2.75, 3.05) is 17.2 Å². The second-order valence-corrected chi connectivity index (χ2v) is 4.42. The van der Waals surface area contributed by atoms with E-state index in [9.17, 15) is 4.39 Å². The van der Waals surface area contributed by atoms with Gasteiger partial charge in [-0.15, -0.1) is 0 Å². The summed E-state index contributed by atoms with van der Waals surface area (Å²) >= 11 is 5.22. The maximum atomic E-state index is 12.8. The van der Waals surface area contributed by atoms with Crippen LogP contribution in [0, 0.1) is 5.82 Å². The van der Waals surface area contributed by atoms with E-state index in [4.69, 9.17) is 17.0 Å². The van der Waals surface area contributed by atoms with Gasteiger partial charge >= 0.3 is 0 Å². The van der Waals surface area contributed by atoms with E-state index in [1.807, 2.05) is 31.2 Å². The van der Waals surface area contributed by atoms with Crippen molar-refractivity contribution in [3.63, 3.8) is 0 Å². The number of halogens is 1. The van der Waals surface area contributed by atoms with Crippen molar-refractivity contribution in [3.8, 4) is 5.75 Å². The van der Waals surface area contributed by atoms with Gasteiger partial charge in [0.2, 0.25) is 0 Å². The van der Waals surface area contributed by atoms with Crippen molar-refractivity contribution in [2.24, 2.45) is 0 Å². The molecule has 20 heavy (non-hydrogen) atoms. The van der Waals surface area contributed by atoms with Gasteiger partial charge in [0, 0.05) is 5.69 Å². The van der Waals surface area contributed by atoms with Crippen molar-refractivity contribution in [2.45, 2.75) is 6.92 Å². The predicted octanol–water partition coefficient (Wildman–Crippen LogP) is 4.03. The van der Waals surface area contributed by atoms with Gasteiger partial charge in [-0.25, -0.2) is 4.39 Å². The molecule has 0 saturated carbocycles. The number of para-hydroxylation sites is 2. The molecule has 0 aliphatic heterocycles. The fourth-order valence-electron chi connectivity index (χ4n) is 1.67. The van der Waals surface area contributed by atoms with Gasteiger partial charge in [-0.05, 0) is 55.5 Å². The Morgan fingerprint density at radius 2 is 1.80 bits per heavy atom. The van der Waals surface area contributed by atoms with E-state index in [-0.39, 0.29) is 5.82 Å². The van der Waals surface area contributed by atoms with Crippen LogP contribution in [0.25, 0.3) is 0 Å². The van der Waals surface area contributed by atoms with Crippen molar-refractivity contribution >= 4 is 28.7 Å². The number of hydrogen-bond donors (Lipinski definition) is 2. The second kappa shape index (κ2) is 6.86. The number of ether oxygens (including phenoxy) is 1. The summed E-state index contributed by atoms with van der Waals surface area (Å²) in [6, 6.07) is 13.5. The van der Waals surface area contributed by atoms with Crippen LogP contribution < -0.4 is 15.4 Å². The second-order valence-electron chi connectivity index (χ2n) is 4.02. The molecule has 0 atom stereocenters. The highest BCUT2D eigenvalue weighted by Crippen LogP contribution is 2.23. The maximum Gasteiger partial charge on any atom is 0.175 e. The van der Waals surface area contributed by atoms with E-state index in [1.165, 1.54) is 12.1 Å². The van der Waals surface area contributed by atoms with E-state index in [1.54, 1.807) is 12.1 Å². The van der Waals surface area contributed by atoms with E-state index < -0.39 is 0 Å². The fourth-order valence-corrected chi connectivity index (χ4v) is 1.90. The topological polar surface area (TPSA) is 33.3 Å². The van der Waals surface area contributed by atoms with Crippen LogP contribution in [-0.4, -0.2) is 11.7 Å². The monoisotopic (exact) mass is 290 g/mol. The predicted molar refractivity (Wildman–Crippen MR) is 83.9 cm³/mol. The molecular formula is C15H15FN2OS. The molecule has 2 aromatic carbocycles. The molecule has 2 aromatic rings. The minimum absolute atomic E-state index is 0.281. The minimum atomic E-state index is -0.281. The number of thiocarbonyl (C=S) groups is 1. The van der Waals surface area contributed by atoms with Crippen LogP contribution in [-0.2, 0) is 0 Å². The molecule has 5 heteroatoms. The average molecular weight is 290 g/mol. The van der Waals surface area contributed by atoms with Gasteiger partial charge in [-0.1, -0.05) is 12.1 Å². The van der Waals surface area contributed by atoms with E-state index in [0.717, 1.165) is 17.1 Å². The van der Waals surface area contributed by atoms with E-state index >= 15 is 0 Å². The zero-order valence-corrected chi connectivity index (χ0v) is 11.8. The van der Waals surface area contributed by atoms with Crippen LogP contribution >= 0.6 is 12.2 Å². The van der Waals surface area contributed by atoms with Gasteiger partial charge in [0.1, 0.15) is 11.6 Å². The Morgan fingerprint density at radius 1 is 1.10 bits per heavy atom. The molecule has 0 bridgehead atoms. The van der Waals surface area contributed by atoms with Crippen molar-refractivity contribution in [1.29, 1.82) is 0 Å². The lowest BCUT2D eigenvalue weighted by Gasteiger charge is -2.14. The van der Waals surface area contributed by atoms with Gasteiger partial charge < -0.3 is 15.4 Å². The van der Waals surface area contributed by atoms with Crippen molar-refractivity contribution in [1.82, 2.24) is 0 Å². The lowest BCUT2D eigenvalue weighted by atomic mass is 10.3. The summed E-state index contributed by atoms with van der Waals surface area (Å²) in [6.07, 6.45) is 0. The highest BCUT2D eigenvalue weighted by atomic mass is 32.1. The molecule has 3 nitrogen and oxygen atoms in total. The highest BCUT2D eigenvalue weighted by molar-refractivity contribution is 7.80. The number of hydrogen-bond acceptors (Lipinski definition) is 2. The summed E-state index contributed by atoms with van der Waals surface area (Å²) in [5.74, 6) is 0.453. The van der Waals surface area contributed by atoms with Crippen LogP contribution in [0.5, 0.6) is 5.75 Å². The molecule has 0 amide bonds. The van der Waals surface area contributed by atoms with Crippen LogP contribution in [0.2, 0.25) is 0 Å². The van der Waals surface area contributed by atoms with Crippen LogP contribution in [0.4, 0.5) is 15.8 Å². The normalized spacial score (nSPS) is 9.90. The van der Waals surface area contributed by atoms with Gasteiger partial charge in [0.25, 0.3) is 0 Å². The smallest absolute Gasteiger partial charge is 0.175 e. The molecule has 2 rings (SSSR count). The maximum absolute atomic E-state index is 12.8. The number of benzene rings is 2. The Kier molecular flexibility index (Phi) is 4.90. The Bertz CT molecular complexity index is 587. The summed E-state index contributed by atoms with van der Waals surface area (Å²) in [5.41, 5.74) is 1.51. The summed E-state index contributed by atoms with van der Waals surface area (Å²) in [4.78, 5) is 0. The quantitative estimate of drug-likeness (QED) is 0.833. The summed E-state index contributed by atoms with van der Waals surface area (Å²) in [6.45, 7) is 2.50. The number of nitrogens with one attached hydrogen (secondary N) is 2. The summed E-state index contributed by atoms with van der Waals surface area (Å²) < 4.78 is 18.3. The van der Waals surface area contributed by atoms with E-state index in [2.05, 4.69) is 10.6 Å². The molecule has 0 fully saturated rings. The van der Waals surface area contributed by atoms with Gasteiger partial charge in [0.05, 0.1) is 12.3 Å². The highest BCUT2D eigenvalue weighted by Gasteiger charge is 2.04. The van der Waals surface area contributed by atoms with Gasteiger partial charge in [-0.2, -0.15) is 0 Å². The van der Waals surface area contributed by atoms with E-state index in [0.29, 0.717) is 11.7 Å². The molecular weight excluding hydrogens is 275 g/mol. The minimum Gasteiger partial charge on any atom is -0.492 e. The van der Waals surface area contributed by atoms with Crippen LogP contribution in [0.1, 0.15) is 6.92 Å². The molecule has 0 spiro atoms. The summed E-state index contributed by atoms with van der Waals surface area (Å²) in [7, 11) is 0. The first-order valence-electron chi connectivity index (χ1n) is 6.24. The first-order chi connectivity index (χ1) is 9.69. The zero-order valence-electron chi connectivity index (χ0n) is 11.0. The van der Waals surface area contributed by atoms with Crippen molar-refractivity contribution < 1.29 is 9.13 Å². The SMILES string of the molecule is CCOc1ccccc1NC(=S)Nc1ccc(F)cc1. The third-order valence-corrected chi connectivity index (χ3v) is 2.74. The Morgan fingerprint density at radius 3 is 2.50 bits per heavy atom. The largest absolute Gasteiger partial charge is 0.492 e. The molecule has 0 unspecified atom stereocenters. The third kappa shape index (κ3) is 3.93. The summed E-state index contributed by atoms with van der Waals surface area (Å²) in [5, 5.41) is 6.47. The third-order valence-electron chi connectivity index (χ3n) is 2.54. The molecule has 2 N–H and O–H groups in total. The lowest BCUT2D eigenvalue weighted by Crippen LogP contribution is -2.19. The van der Waals surface area contributed by atoms with Gasteiger partial charge in [0.15, 0.2) is 5.11 Å². The Hall–Kier alpha value is -2.14. The molecule has 0 aromatic heterocycles. The molecule has 0 saturated heterocycles. The van der Waals surface area contributed by atoms with Crippen LogP contribution in [0.15, 0.2) is 48.5 Å². The first kappa shape index (κ1) is 14.3. The fraction of sp³-hybridized carbons (Fsp3) is 0.133. The number of rotatable bonds is 4. The molecule has 0 aliphatic carbocycles. The van der Waals surface area contributed by atoms with Gasteiger partial charge in [-0.3, -0.25) is 0 Å².